The lowest BCUT2D eigenvalue weighted by atomic mass is 10.1. The van der Waals surface area contributed by atoms with Crippen LogP contribution >= 0.6 is 11.8 Å². The molecule has 156 valence electrons. The van der Waals surface area contributed by atoms with Crippen LogP contribution in [0.3, 0.4) is 0 Å². The van der Waals surface area contributed by atoms with Crippen LogP contribution in [0.4, 0.5) is 5.69 Å². The fourth-order valence-corrected chi connectivity index (χ4v) is 4.30. The summed E-state index contributed by atoms with van der Waals surface area (Å²) in [7, 11) is 0. The average molecular weight is 406 g/mol. The van der Waals surface area contributed by atoms with Gasteiger partial charge in [0.2, 0.25) is 11.8 Å². The van der Waals surface area contributed by atoms with Crippen LogP contribution in [0.15, 0.2) is 24.3 Å². The van der Waals surface area contributed by atoms with Crippen molar-refractivity contribution in [2.45, 2.75) is 52.5 Å². The summed E-state index contributed by atoms with van der Waals surface area (Å²) in [6, 6.07) is 8.47. The van der Waals surface area contributed by atoms with Crippen molar-refractivity contribution >= 4 is 29.3 Å². The molecule has 1 heterocycles. The second-order valence-corrected chi connectivity index (χ2v) is 8.50. The van der Waals surface area contributed by atoms with Crippen molar-refractivity contribution in [3.05, 3.63) is 29.8 Å². The Labute approximate surface area is 174 Å². The Morgan fingerprint density at radius 2 is 1.68 bits per heavy atom. The monoisotopic (exact) mass is 405 g/mol. The second kappa shape index (κ2) is 12.7. The van der Waals surface area contributed by atoms with Crippen LogP contribution in [0, 0.1) is 0 Å². The van der Waals surface area contributed by atoms with Gasteiger partial charge in [0, 0.05) is 62.8 Å². The molecule has 0 bridgehead atoms. The molecule has 1 fully saturated rings. The molecule has 2 amide bonds. The molecule has 0 atom stereocenters. The van der Waals surface area contributed by atoms with Crippen molar-refractivity contribution in [2.24, 2.45) is 0 Å². The van der Waals surface area contributed by atoms with E-state index in [-0.39, 0.29) is 11.8 Å². The summed E-state index contributed by atoms with van der Waals surface area (Å²) in [6.07, 6.45) is 3.42. The summed E-state index contributed by atoms with van der Waals surface area (Å²) >= 11 is 2.01. The molecule has 5 nitrogen and oxygen atoms in total. The van der Waals surface area contributed by atoms with Crippen molar-refractivity contribution in [2.75, 3.05) is 42.6 Å². The van der Waals surface area contributed by atoms with Gasteiger partial charge in [-0.1, -0.05) is 26.0 Å². The van der Waals surface area contributed by atoms with Gasteiger partial charge in [0.05, 0.1) is 0 Å². The fourth-order valence-electron chi connectivity index (χ4n) is 3.39. The quantitative estimate of drug-likeness (QED) is 0.610. The summed E-state index contributed by atoms with van der Waals surface area (Å²) in [5.41, 5.74) is 2.37. The number of anilines is 1. The first-order valence-electron chi connectivity index (χ1n) is 10.6. The number of thioether (sulfide) groups is 1. The van der Waals surface area contributed by atoms with Crippen LogP contribution in [0.5, 0.6) is 0 Å². The number of hydrogen-bond donors (Lipinski definition) is 1. The highest BCUT2D eigenvalue weighted by atomic mass is 32.2. The largest absolute Gasteiger partial charge is 0.370 e. The van der Waals surface area contributed by atoms with Crippen LogP contribution in [0.2, 0.25) is 0 Å². The first-order chi connectivity index (χ1) is 13.6. The zero-order valence-electron chi connectivity index (χ0n) is 17.4. The van der Waals surface area contributed by atoms with Gasteiger partial charge >= 0.3 is 0 Å². The van der Waals surface area contributed by atoms with Crippen molar-refractivity contribution in [1.29, 1.82) is 0 Å². The molecule has 1 aromatic carbocycles. The SMILES string of the molecule is CCCN(CCC)C(=O)CCCC(=O)NCc1ccc(N2CCSCC2)cc1. The van der Waals surface area contributed by atoms with E-state index in [9.17, 15) is 9.59 Å². The maximum absolute atomic E-state index is 12.2. The predicted molar refractivity (Wildman–Crippen MR) is 119 cm³/mol. The molecule has 2 rings (SSSR count). The molecule has 0 unspecified atom stereocenters. The molecule has 1 aromatic rings. The van der Waals surface area contributed by atoms with Gasteiger partial charge in [-0.05, 0) is 37.0 Å². The molecule has 0 saturated carbocycles. The number of rotatable bonds is 11. The Morgan fingerprint density at radius 1 is 1.04 bits per heavy atom. The van der Waals surface area contributed by atoms with Crippen LogP contribution in [-0.2, 0) is 16.1 Å². The molecule has 0 spiro atoms. The molecular weight excluding hydrogens is 370 g/mol. The van der Waals surface area contributed by atoms with Crippen LogP contribution in [0.1, 0.15) is 51.5 Å². The highest BCUT2D eigenvalue weighted by Crippen LogP contribution is 2.19. The molecule has 0 aliphatic carbocycles. The molecule has 6 heteroatoms. The Bertz CT molecular complexity index is 594. The van der Waals surface area contributed by atoms with Crippen molar-refractivity contribution in [3.63, 3.8) is 0 Å². The standard InChI is InChI=1S/C22H35N3O2S/c1-3-12-25(13-4-2)22(27)7-5-6-21(26)23-18-19-8-10-20(11-9-19)24-14-16-28-17-15-24/h8-11H,3-7,12-18H2,1-2H3,(H,23,26). The van der Waals surface area contributed by atoms with Gasteiger partial charge in [0.15, 0.2) is 0 Å². The van der Waals surface area contributed by atoms with E-state index >= 15 is 0 Å². The summed E-state index contributed by atoms with van der Waals surface area (Å²) in [5.74, 6) is 2.56. The molecule has 0 radical (unpaired) electrons. The maximum atomic E-state index is 12.2. The topological polar surface area (TPSA) is 52.7 Å². The number of carbonyl (C=O) groups excluding carboxylic acids is 2. The summed E-state index contributed by atoms with van der Waals surface area (Å²) in [4.78, 5) is 28.7. The summed E-state index contributed by atoms with van der Waals surface area (Å²) < 4.78 is 0. The molecule has 1 saturated heterocycles. The third-order valence-electron chi connectivity index (χ3n) is 4.94. The van der Waals surface area contributed by atoms with Crippen molar-refractivity contribution in [1.82, 2.24) is 10.2 Å². The van der Waals surface area contributed by atoms with E-state index in [1.165, 1.54) is 17.2 Å². The maximum Gasteiger partial charge on any atom is 0.222 e. The zero-order valence-corrected chi connectivity index (χ0v) is 18.2. The van der Waals surface area contributed by atoms with Gasteiger partial charge in [-0.15, -0.1) is 0 Å². The van der Waals surface area contributed by atoms with E-state index in [0.717, 1.165) is 44.6 Å². The van der Waals surface area contributed by atoms with Gasteiger partial charge in [-0.3, -0.25) is 9.59 Å². The molecule has 28 heavy (non-hydrogen) atoms. The van der Waals surface area contributed by atoms with E-state index in [1.54, 1.807) is 0 Å². The number of carbonyl (C=O) groups is 2. The van der Waals surface area contributed by atoms with Gasteiger partial charge in [0.1, 0.15) is 0 Å². The third kappa shape index (κ3) is 7.74. The molecule has 1 N–H and O–H groups in total. The lowest BCUT2D eigenvalue weighted by Gasteiger charge is -2.28. The van der Waals surface area contributed by atoms with Crippen LogP contribution < -0.4 is 10.2 Å². The minimum atomic E-state index is 0.0162. The van der Waals surface area contributed by atoms with Gasteiger partial charge in [-0.25, -0.2) is 0 Å². The minimum absolute atomic E-state index is 0.0162. The second-order valence-electron chi connectivity index (χ2n) is 7.28. The summed E-state index contributed by atoms with van der Waals surface area (Å²) in [6.45, 7) is 8.54. The minimum Gasteiger partial charge on any atom is -0.370 e. The smallest absolute Gasteiger partial charge is 0.222 e. The van der Waals surface area contributed by atoms with E-state index < -0.39 is 0 Å². The summed E-state index contributed by atoms with van der Waals surface area (Å²) in [5, 5.41) is 2.97. The highest BCUT2D eigenvalue weighted by molar-refractivity contribution is 7.99. The number of hydrogen-bond acceptors (Lipinski definition) is 4. The Balaban J connectivity index is 1.67. The third-order valence-corrected chi connectivity index (χ3v) is 5.88. The predicted octanol–water partition coefficient (Wildman–Crippen LogP) is 3.67. The Hall–Kier alpha value is -1.69. The first kappa shape index (κ1) is 22.6. The van der Waals surface area contributed by atoms with E-state index in [2.05, 4.69) is 48.3 Å². The number of benzene rings is 1. The first-order valence-corrected chi connectivity index (χ1v) is 11.8. The lowest BCUT2D eigenvalue weighted by molar-refractivity contribution is -0.131. The fraction of sp³-hybridized carbons (Fsp3) is 0.636. The van der Waals surface area contributed by atoms with E-state index in [0.29, 0.717) is 25.8 Å². The molecule has 1 aliphatic rings. The van der Waals surface area contributed by atoms with Crippen molar-refractivity contribution < 1.29 is 9.59 Å². The lowest BCUT2D eigenvalue weighted by Crippen LogP contribution is -2.32. The zero-order chi connectivity index (χ0) is 20.2. The number of nitrogens with one attached hydrogen (secondary N) is 1. The normalized spacial score (nSPS) is 14.0. The van der Waals surface area contributed by atoms with Gasteiger partial charge in [-0.2, -0.15) is 11.8 Å². The van der Waals surface area contributed by atoms with Crippen molar-refractivity contribution in [3.8, 4) is 0 Å². The van der Waals surface area contributed by atoms with Crippen LogP contribution in [-0.4, -0.2) is 54.4 Å². The molecule has 1 aliphatic heterocycles. The Kier molecular flexibility index (Phi) is 10.3. The van der Waals surface area contributed by atoms with Gasteiger partial charge in [0.25, 0.3) is 0 Å². The average Bonchev–Trinajstić information content (AvgIpc) is 2.73. The number of amides is 2. The highest BCUT2D eigenvalue weighted by Gasteiger charge is 2.13. The van der Waals surface area contributed by atoms with Gasteiger partial charge < -0.3 is 15.1 Å². The Morgan fingerprint density at radius 3 is 2.29 bits per heavy atom. The molecular formula is C22H35N3O2S. The van der Waals surface area contributed by atoms with E-state index in [1.807, 2.05) is 16.7 Å². The number of nitrogens with zero attached hydrogens (tertiary/aromatic N) is 2. The van der Waals surface area contributed by atoms with Crippen LogP contribution in [0.25, 0.3) is 0 Å². The van der Waals surface area contributed by atoms with E-state index in [4.69, 9.17) is 0 Å². The molecule has 0 aromatic heterocycles.